The summed E-state index contributed by atoms with van der Waals surface area (Å²) in [4.78, 5) is 12.1. The van der Waals surface area contributed by atoms with E-state index in [0.29, 0.717) is 12.5 Å². The highest BCUT2D eigenvalue weighted by Gasteiger charge is 2.29. The smallest absolute Gasteiger partial charge is 0.239 e. The van der Waals surface area contributed by atoms with Gasteiger partial charge in [-0.1, -0.05) is 27.7 Å². The van der Waals surface area contributed by atoms with Crippen molar-refractivity contribution in [1.82, 2.24) is 10.6 Å². The van der Waals surface area contributed by atoms with Crippen molar-refractivity contribution in [3.05, 3.63) is 0 Å². The molecule has 1 heterocycles. The summed E-state index contributed by atoms with van der Waals surface area (Å²) in [6.45, 7) is 12.9. The fraction of sp³-hybridized carbons (Fsp3) is 0.929. The Hall–Kier alpha value is -0.610. The molecule has 0 aromatic rings. The molecule has 4 nitrogen and oxygen atoms in total. The zero-order chi connectivity index (χ0) is 13.8. The first-order chi connectivity index (χ1) is 8.32. The summed E-state index contributed by atoms with van der Waals surface area (Å²) in [6.07, 6.45) is 1.06. The van der Waals surface area contributed by atoms with E-state index in [9.17, 15) is 4.79 Å². The van der Waals surface area contributed by atoms with Crippen molar-refractivity contribution in [1.29, 1.82) is 0 Å². The van der Waals surface area contributed by atoms with E-state index in [2.05, 4.69) is 38.3 Å². The lowest BCUT2D eigenvalue weighted by atomic mass is 9.84. The standard InChI is InChI=1S/C14H28N2O2/c1-10(2)8-14(4,5)9-16-13(17)12-11(3)18-7-6-15-12/h10-12,15H,6-9H2,1-5H3,(H,16,17)/t11-,12+/m1/s1. The fourth-order valence-corrected chi connectivity index (χ4v) is 2.64. The molecule has 1 fully saturated rings. The number of nitrogens with one attached hydrogen (secondary N) is 2. The lowest BCUT2D eigenvalue weighted by molar-refractivity contribution is -0.129. The molecule has 0 saturated carbocycles. The number of amides is 1. The number of hydrogen-bond donors (Lipinski definition) is 2. The van der Waals surface area contributed by atoms with Crippen LogP contribution in [-0.2, 0) is 9.53 Å². The van der Waals surface area contributed by atoms with Gasteiger partial charge >= 0.3 is 0 Å². The molecule has 1 amide bonds. The molecule has 0 unspecified atom stereocenters. The Kier molecular flexibility index (Phi) is 5.60. The van der Waals surface area contributed by atoms with Crippen LogP contribution in [0.2, 0.25) is 0 Å². The number of carbonyl (C=O) groups excluding carboxylic acids is 1. The van der Waals surface area contributed by atoms with Crippen LogP contribution in [0.4, 0.5) is 0 Å². The van der Waals surface area contributed by atoms with Crippen LogP contribution in [-0.4, -0.2) is 37.7 Å². The Bertz CT molecular complexity index is 277. The van der Waals surface area contributed by atoms with E-state index >= 15 is 0 Å². The number of rotatable bonds is 5. The van der Waals surface area contributed by atoms with Crippen molar-refractivity contribution in [2.24, 2.45) is 11.3 Å². The first-order valence-corrected chi connectivity index (χ1v) is 6.94. The van der Waals surface area contributed by atoms with E-state index in [1.54, 1.807) is 0 Å². The molecule has 0 aromatic carbocycles. The maximum absolute atomic E-state index is 12.1. The highest BCUT2D eigenvalue weighted by molar-refractivity contribution is 5.82. The molecule has 0 aromatic heterocycles. The number of hydrogen-bond acceptors (Lipinski definition) is 3. The van der Waals surface area contributed by atoms with Crippen molar-refractivity contribution < 1.29 is 9.53 Å². The third kappa shape index (κ3) is 4.94. The van der Waals surface area contributed by atoms with E-state index in [0.717, 1.165) is 19.5 Å². The van der Waals surface area contributed by atoms with Gasteiger partial charge in [0.1, 0.15) is 6.04 Å². The normalized spacial score (nSPS) is 25.2. The van der Waals surface area contributed by atoms with Crippen LogP contribution in [0.1, 0.15) is 41.0 Å². The average molecular weight is 256 g/mol. The Morgan fingerprint density at radius 3 is 2.72 bits per heavy atom. The summed E-state index contributed by atoms with van der Waals surface area (Å²) in [5.41, 5.74) is 0.141. The van der Waals surface area contributed by atoms with Crippen LogP contribution < -0.4 is 10.6 Å². The zero-order valence-corrected chi connectivity index (χ0v) is 12.4. The number of ether oxygens (including phenoxy) is 1. The van der Waals surface area contributed by atoms with E-state index in [1.807, 2.05) is 6.92 Å². The van der Waals surface area contributed by atoms with Crippen molar-refractivity contribution in [2.75, 3.05) is 19.7 Å². The molecule has 106 valence electrons. The van der Waals surface area contributed by atoms with Gasteiger partial charge in [-0.05, 0) is 24.7 Å². The second-order valence-corrected chi connectivity index (χ2v) is 6.49. The Morgan fingerprint density at radius 2 is 2.17 bits per heavy atom. The summed E-state index contributed by atoms with van der Waals surface area (Å²) in [7, 11) is 0. The van der Waals surface area contributed by atoms with Crippen LogP contribution in [0, 0.1) is 11.3 Å². The molecule has 2 N–H and O–H groups in total. The van der Waals surface area contributed by atoms with Crippen LogP contribution in [0.5, 0.6) is 0 Å². The molecule has 0 radical (unpaired) electrons. The van der Waals surface area contributed by atoms with Gasteiger partial charge in [0.05, 0.1) is 12.7 Å². The van der Waals surface area contributed by atoms with Crippen molar-refractivity contribution in [3.8, 4) is 0 Å². The monoisotopic (exact) mass is 256 g/mol. The predicted molar refractivity (Wildman–Crippen MR) is 73.5 cm³/mol. The quantitative estimate of drug-likeness (QED) is 0.785. The van der Waals surface area contributed by atoms with Crippen LogP contribution in [0.15, 0.2) is 0 Å². The Labute approximate surface area is 111 Å². The third-order valence-corrected chi connectivity index (χ3v) is 3.30. The first-order valence-electron chi connectivity index (χ1n) is 6.94. The second kappa shape index (κ2) is 6.53. The Morgan fingerprint density at radius 1 is 1.50 bits per heavy atom. The van der Waals surface area contributed by atoms with Crippen molar-refractivity contribution >= 4 is 5.91 Å². The molecule has 0 aliphatic carbocycles. The van der Waals surface area contributed by atoms with Gasteiger partial charge in [-0.25, -0.2) is 0 Å². The molecule has 1 aliphatic heterocycles. The molecule has 4 heteroatoms. The molecular weight excluding hydrogens is 228 g/mol. The Balaban J connectivity index is 2.40. The van der Waals surface area contributed by atoms with Gasteiger partial charge in [0.2, 0.25) is 5.91 Å². The maximum atomic E-state index is 12.1. The highest BCUT2D eigenvalue weighted by atomic mass is 16.5. The minimum atomic E-state index is -0.214. The summed E-state index contributed by atoms with van der Waals surface area (Å²) in [5.74, 6) is 0.700. The van der Waals surface area contributed by atoms with Gasteiger partial charge in [-0.3, -0.25) is 4.79 Å². The second-order valence-electron chi connectivity index (χ2n) is 6.49. The molecule has 0 bridgehead atoms. The molecule has 1 rings (SSSR count). The maximum Gasteiger partial charge on any atom is 0.239 e. The van der Waals surface area contributed by atoms with Gasteiger partial charge < -0.3 is 15.4 Å². The molecule has 2 atom stereocenters. The van der Waals surface area contributed by atoms with Gasteiger partial charge in [0, 0.05) is 13.1 Å². The largest absolute Gasteiger partial charge is 0.375 e. The number of carbonyl (C=O) groups is 1. The SMILES string of the molecule is CC(C)CC(C)(C)CNC(=O)[C@H]1NCCO[C@@H]1C. The molecule has 0 spiro atoms. The van der Waals surface area contributed by atoms with Crippen LogP contribution in [0.25, 0.3) is 0 Å². The number of morpholine rings is 1. The van der Waals surface area contributed by atoms with E-state index in [4.69, 9.17) is 4.74 Å². The van der Waals surface area contributed by atoms with Gasteiger partial charge in [-0.2, -0.15) is 0 Å². The van der Waals surface area contributed by atoms with E-state index in [-0.39, 0.29) is 23.5 Å². The van der Waals surface area contributed by atoms with Crippen LogP contribution in [0.3, 0.4) is 0 Å². The highest BCUT2D eigenvalue weighted by Crippen LogP contribution is 2.24. The van der Waals surface area contributed by atoms with E-state index in [1.165, 1.54) is 0 Å². The molecule has 18 heavy (non-hydrogen) atoms. The minimum Gasteiger partial charge on any atom is -0.375 e. The third-order valence-electron chi connectivity index (χ3n) is 3.30. The summed E-state index contributed by atoms with van der Waals surface area (Å²) < 4.78 is 5.48. The van der Waals surface area contributed by atoms with Crippen molar-refractivity contribution in [3.63, 3.8) is 0 Å². The lowest BCUT2D eigenvalue weighted by Crippen LogP contribution is -2.56. The summed E-state index contributed by atoms with van der Waals surface area (Å²) in [6, 6.07) is -0.214. The van der Waals surface area contributed by atoms with Gasteiger partial charge in [0.25, 0.3) is 0 Å². The summed E-state index contributed by atoms with van der Waals surface area (Å²) >= 11 is 0. The zero-order valence-electron chi connectivity index (χ0n) is 12.4. The average Bonchev–Trinajstić information content (AvgIpc) is 2.25. The molecular formula is C14H28N2O2. The van der Waals surface area contributed by atoms with Crippen molar-refractivity contribution in [2.45, 2.75) is 53.2 Å². The minimum absolute atomic E-state index is 0.0491. The topological polar surface area (TPSA) is 50.4 Å². The van der Waals surface area contributed by atoms with Gasteiger partial charge in [0.15, 0.2) is 0 Å². The first kappa shape index (κ1) is 15.4. The van der Waals surface area contributed by atoms with Crippen LogP contribution >= 0.6 is 0 Å². The lowest BCUT2D eigenvalue weighted by Gasteiger charge is -2.32. The predicted octanol–water partition coefficient (Wildman–Crippen LogP) is 1.55. The van der Waals surface area contributed by atoms with Gasteiger partial charge in [-0.15, -0.1) is 0 Å². The molecule has 1 aliphatic rings. The van der Waals surface area contributed by atoms with E-state index < -0.39 is 0 Å². The summed E-state index contributed by atoms with van der Waals surface area (Å²) in [5, 5.41) is 6.26. The fourth-order valence-electron chi connectivity index (χ4n) is 2.64. The molecule has 1 saturated heterocycles.